The molecule has 0 saturated heterocycles. The van der Waals surface area contributed by atoms with Gasteiger partial charge in [0.15, 0.2) is 0 Å². The fourth-order valence-electron chi connectivity index (χ4n) is 3.27. The number of nitrogens with zero attached hydrogens (tertiary/aromatic N) is 1. The Bertz CT molecular complexity index is 820. The van der Waals surface area contributed by atoms with Gasteiger partial charge in [-0.05, 0) is 48.2 Å². The van der Waals surface area contributed by atoms with Gasteiger partial charge in [-0.15, -0.1) is 0 Å². The molecule has 1 unspecified atom stereocenters. The molecule has 2 N–H and O–H groups in total. The van der Waals surface area contributed by atoms with Crippen molar-refractivity contribution in [3.8, 4) is 0 Å². The lowest BCUT2D eigenvalue weighted by Gasteiger charge is -2.24. The zero-order valence-corrected chi connectivity index (χ0v) is 13.2. The van der Waals surface area contributed by atoms with Crippen LogP contribution in [0.1, 0.15) is 35.5 Å². The van der Waals surface area contributed by atoms with Gasteiger partial charge >= 0.3 is 0 Å². The summed E-state index contributed by atoms with van der Waals surface area (Å²) in [6.07, 6.45) is 4.01. The van der Waals surface area contributed by atoms with Crippen LogP contribution in [0.5, 0.6) is 0 Å². The number of pyridine rings is 1. The maximum absolute atomic E-state index is 6.16. The number of aromatic nitrogens is 2. The summed E-state index contributed by atoms with van der Waals surface area (Å²) < 4.78 is 0. The first-order valence-electron chi connectivity index (χ1n) is 7.74. The number of nitrogens with one attached hydrogen (secondary N) is 2. The Morgan fingerprint density at radius 1 is 1.27 bits per heavy atom. The SMILES string of the molecule is CCc1ccc(C2NCCc3c2[nH]c2ccc(Cl)cc32)nc1. The molecular weight excluding hydrogens is 294 g/mol. The summed E-state index contributed by atoms with van der Waals surface area (Å²) >= 11 is 6.16. The molecule has 3 aromatic rings. The second-order valence-corrected chi connectivity index (χ2v) is 6.23. The summed E-state index contributed by atoms with van der Waals surface area (Å²) in [4.78, 5) is 8.21. The maximum Gasteiger partial charge on any atom is 0.0906 e. The minimum atomic E-state index is 0.126. The van der Waals surface area contributed by atoms with E-state index in [-0.39, 0.29) is 6.04 Å². The van der Waals surface area contributed by atoms with Crippen LogP contribution in [0, 0.1) is 0 Å². The summed E-state index contributed by atoms with van der Waals surface area (Å²) in [6, 6.07) is 10.5. The Balaban J connectivity index is 1.82. The highest BCUT2D eigenvalue weighted by Crippen LogP contribution is 2.33. The summed E-state index contributed by atoms with van der Waals surface area (Å²) in [5, 5.41) is 5.60. The number of aromatic amines is 1. The van der Waals surface area contributed by atoms with Crippen LogP contribution in [-0.4, -0.2) is 16.5 Å². The Labute approximate surface area is 134 Å². The molecule has 1 aliphatic heterocycles. The molecule has 22 heavy (non-hydrogen) atoms. The van der Waals surface area contributed by atoms with Gasteiger partial charge in [0, 0.05) is 34.4 Å². The van der Waals surface area contributed by atoms with Crippen molar-refractivity contribution in [2.75, 3.05) is 6.54 Å². The normalized spacial score (nSPS) is 17.6. The molecule has 112 valence electrons. The van der Waals surface area contributed by atoms with Gasteiger partial charge in [0.25, 0.3) is 0 Å². The molecule has 0 bridgehead atoms. The van der Waals surface area contributed by atoms with Crippen LogP contribution in [0.4, 0.5) is 0 Å². The third-order valence-corrected chi connectivity index (χ3v) is 4.70. The number of halogens is 1. The van der Waals surface area contributed by atoms with E-state index in [0.717, 1.165) is 35.6 Å². The van der Waals surface area contributed by atoms with Crippen LogP contribution in [0.3, 0.4) is 0 Å². The van der Waals surface area contributed by atoms with Crippen molar-refractivity contribution in [3.63, 3.8) is 0 Å². The largest absolute Gasteiger partial charge is 0.357 e. The number of rotatable bonds is 2. The van der Waals surface area contributed by atoms with E-state index in [1.54, 1.807) is 0 Å². The lowest BCUT2D eigenvalue weighted by atomic mass is 9.97. The van der Waals surface area contributed by atoms with Gasteiger partial charge in [0.1, 0.15) is 0 Å². The molecule has 3 nitrogen and oxygen atoms in total. The first kappa shape index (κ1) is 13.8. The van der Waals surface area contributed by atoms with Crippen LogP contribution >= 0.6 is 11.6 Å². The van der Waals surface area contributed by atoms with Crippen molar-refractivity contribution >= 4 is 22.5 Å². The van der Waals surface area contributed by atoms with Crippen molar-refractivity contribution in [2.45, 2.75) is 25.8 Å². The molecule has 0 saturated carbocycles. The van der Waals surface area contributed by atoms with Crippen molar-refractivity contribution < 1.29 is 0 Å². The lowest BCUT2D eigenvalue weighted by molar-refractivity contribution is 0.549. The highest BCUT2D eigenvalue weighted by molar-refractivity contribution is 6.31. The third-order valence-electron chi connectivity index (χ3n) is 4.46. The molecule has 0 radical (unpaired) electrons. The predicted octanol–water partition coefficient (Wildman–Crippen LogP) is 4.01. The standard InChI is InChI=1S/C18H18ClN3/c1-2-11-3-5-16(21-10-11)18-17-13(7-8-20-18)14-9-12(19)4-6-15(14)22-17/h3-6,9-10,18,20,22H,2,7-8H2,1H3. The lowest BCUT2D eigenvalue weighted by Crippen LogP contribution is -2.31. The maximum atomic E-state index is 6.16. The van der Waals surface area contributed by atoms with Crippen LogP contribution in [-0.2, 0) is 12.8 Å². The van der Waals surface area contributed by atoms with Gasteiger partial charge in [0.2, 0.25) is 0 Å². The Kier molecular flexibility index (Phi) is 3.40. The van der Waals surface area contributed by atoms with E-state index < -0.39 is 0 Å². The quantitative estimate of drug-likeness (QED) is 0.750. The van der Waals surface area contributed by atoms with E-state index >= 15 is 0 Å². The van der Waals surface area contributed by atoms with Crippen molar-refractivity contribution in [2.24, 2.45) is 0 Å². The molecule has 1 aromatic carbocycles. The van der Waals surface area contributed by atoms with Crippen LogP contribution in [0.15, 0.2) is 36.5 Å². The minimum absolute atomic E-state index is 0.126. The fourth-order valence-corrected chi connectivity index (χ4v) is 3.44. The Morgan fingerprint density at radius 2 is 2.18 bits per heavy atom. The minimum Gasteiger partial charge on any atom is -0.357 e. The van der Waals surface area contributed by atoms with E-state index in [1.165, 1.54) is 22.2 Å². The van der Waals surface area contributed by atoms with E-state index in [9.17, 15) is 0 Å². The smallest absolute Gasteiger partial charge is 0.0906 e. The van der Waals surface area contributed by atoms with Gasteiger partial charge in [-0.3, -0.25) is 4.98 Å². The summed E-state index contributed by atoms with van der Waals surface area (Å²) in [7, 11) is 0. The molecule has 0 aliphatic carbocycles. The van der Waals surface area contributed by atoms with Crippen molar-refractivity contribution in [3.05, 3.63) is 64.1 Å². The monoisotopic (exact) mass is 311 g/mol. The topological polar surface area (TPSA) is 40.7 Å². The summed E-state index contributed by atoms with van der Waals surface area (Å²) in [6.45, 7) is 3.10. The van der Waals surface area contributed by atoms with Gasteiger partial charge in [-0.2, -0.15) is 0 Å². The summed E-state index contributed by atoms with van der Waals surface area (Å²) in [5.74, 6) is 0. The number of hydrogen-bond donors (Lipinski definition) is 2. The zero-order valence-electron chi connectivity index (χ0n) is 12.5. The molecule has 2 aromatic heterocycles. The average Bonchev–Trinajstić information content (AvgIpc) is 2.93. The average molecular weight is 312 g/mol. The zero-order chi connectivity index (χ0) is 15.1. The first-order valence-corrected chi connectivity index (χ1v) is 8.12. The van der Waals surface area contributed by atoms with Crippen LogP contribution < -0.4 is 5.32 Å². The molecule has 1 aliphatic rings. The molecule has 0 amide bonds. The Morgan fingerprint density at radius 3 is 2.95 bits per heavy atom. The van der Waals surface area contributed by atoms with E-state index in [4.69, 9.17) is 11.6 Å². The van der Waals surface area contributed by atoms with Gasteiger partial charge in [-0.25, -0.2) is 0 Å². The highest BCUT2D eigenvalue weighted by atomic mass is 35.5. The van der Waals surface area contributed by atoms with Gasteiger partial charge in [0.05, 0.1) is 11.7 Å². The molecule has 4 heteroatoms. The van der Waals surface area contributed by atoms with E-state index in [1.807, 2.05) is 12.3 Å². The predicted molar refractivity (Wildman–Crippen MR) is 90.5 cm³/mol. The second-order valence-electron chi connectivity index (χ2n) is 5.79. The van der Waals surface area contributed by atoms with Crippen LogP contribution in [0.25, 0.3) is 10.9 Å². The van der Waals surface area contributed by atoms with E-state index in [0.29, 0.717) is 0 Å². The molecule has 4 rings (SSSR count). The van der Waals surface area contributed by atoms with Gasteiger partial charge < -0.3 is 10.3 Å². The van der Waals surface area contributed by atoms with Gasteiger partial charge in [-0.1, -0.05) is 24.6 Å². The Hall–Kier alpha value is -1.84. The number of H-pyrrole nitrogens is 1. The molecule has 3 heterocycles. The number of aryl methyl sites for hydroxylation is 1. The third kappa shape index (κ3) is 2.21. The molecular formula is C18H18ClN3. The van der Waals surface area contributed by atoms with E-state index in [2.05, 4.69) is 46.5 Å². The molecule has 0 fully saturated rings. The summed E-state index contributed by atoms with van der Waals surface area (Å²) in [5.41, 5.74) is 6.06. The van der Waals surface area contributed by atoms with Crippen molar-refractivity contribution in [1.82, 2.24) is 15.3 Å². The van der Waals surface area contributed by atoms with Crippen molar-refractivity contribution in [1.29, 1.82) is 0 Å². The number of fused-ring (bicyclic) bond motifs is 3. The fraction of sp³-hybridized carbons (Fsp3) is 0.278. The second kappa shape index (κ2) is 5.41. The first-order chi connectivity index (χ1) is 10.8. The number of hydrogen-bond acceptors (Lipinski definition) is 2. The highest BCUT2D eigenvalue weighted by Gasteiger charge is 2.26. The molecule has 1 atom stereocenters. The van der Waals surface area contributed by atoms with Crippen LogP contribution in [0.2, 0.25) is 5.02 Å². The number of benzene rings is 1. The molecule has 0 spiro atoms.